The van der Waals surface area contributed by atoms with Gasteiger partial charge in [0.25, 0.3) is 0 Å². The van der Waals surface area contributed by atoms with E-state index in [4.69, 9.17) is 8.83 Å². The number of hydrogen-bond acceptors (Lipinski definition) is 4. The molecule has 4 nitrogen and oxygen atoms in total. The van der Waals surface area contributed by atoms with Crippen LogP contribution in [0.15, 0.2) is 42.7 Å². The third-order valence-electron chi connectivity index (χ3n) is 3.05. The average molecular weight is 242 g/mol. The van der Waals surface area contributed by atoms with Crippen molar-refractivity contribution in [1.82, 2.24) is 0 Å². The molecule has 0 radical (unpaired) electrons. The first-order valence-corrected chi connectivity index (χ1v) is 5.54. The van der Waals surface area contributed by atoms with Gasteiger partial charge in [-0.3, -0.25) is 0 Å². The molecule has 0 fully saturated rings. The Morgan fingerprint density at radius 2 is 1.61 bits per heavy atom. The minimum atomic E-state index is -0.417. The molecule has 0 aliphatic rings. The van der Waals surface area contributed by atoms with E-state index in [1.54, 1.807) is 13.0 Å². The highest BCUT2D eigenvalue weighted by Gasteiger charge is 2.11. The molecule has 90 valence electrons. The van der Waals surface area contributed by atoms with Crippen molar-refractivity contribution < 1.29 is 8.83 Å². The first kappa shape index (κ1) is 10.8. The summed E-state index contributed by atoms with van der Waals surface area (Å²) in [5.74, 6) is 0. The van der Waals surface area contributed by atoms with Gasteiger partial charge in [-0.2, -0.15) is 0 Å². The van der Waals surface area contributed by atoms with Crippen LogP contribution in [0.3, 0.4) is 0 Å². The van der Waals surface area contributed by atoms with Crippen molar-refractivity contribution >= 4 is 21.9 Å². The second-order valence-corrected chi connectivity index (χ2v) is 4.30. The SMILES string of the molecule is Cc1cc(=O)oc2c(C)c3oc(=O)ccc3cc12. The Morgan fingerprint density at radius 3 is 2.39 bits per heavy atom. The number of rotatable bonds is 0. The highest BCUT2D eigenvalue weighted by atomic mass is 16.4. The molecular formula is C14H10O4. The molecule has 0 spiro atoms. The fourth-order valence-corrected chi connectivity index (χ4v) is 2.17. The van der Waals surface area contributed by atoms with Gasteiger partial charge in [-0.15, -0.1) is 0 Å². The van der Waals surface area contributed by atoms with Gasteiger partial charge in [-0.05, 0) is 31.5 Å². The van der Waals surface area contributed by atoms with E-state index in [1.165, 1.54) is 12.1 Å². The lowest BCUT2D eigenvalue weighted by molar-refractivity contribution is 0.545. The number of aryl methyl sites for hydroxylation is 2. The smallest absolute Gasteiger partial charge is 0.336 e. The monoisotopic (exact) mass is 242 g/mol. The van der Waals surface area contributed by atoms with Gasteiger partial charge in [0.15, 0.2) is 0 Å². The molecule has 1 aromatic carbocycles. The maximum absolute atomic E-state index is 11.4. The Kier molecular flexibility index (Phi) is 2.13. The Labute approximate surface area is 101 Å². The molecule has 0 aliphatic heterocycles. The zero-order valence-corrected chi connectivity index (χ0v) is 9.94. The average Bonchev–Trinajstić information content (AvgIpc) is 2.32. The van der Waals surface area contributed by atoms with Crippen LogP contribution in [0.4, 0.5) is 0 Å². The highest BCUT2D eigenvalue weighted by molar-refractivity contribution is 5.97. The van der Waals surface area contributed by atoms with Gasteiger partial charge in [0.05, 0.1) is 0 Å². The summed E-state index contributed by atoms with van der Waals surface area (Å²) in [4.78, 5) is 22.6. The van der Waals surface area contributed by atoms with E-state index in [-0.39, 0.29) is 0 Å². The summed E-state index contributed by atoms with van der Waals surface area (Å²) >= 11 is 0. The Hall–Kier alpha value is -2.36. The second kappa shape index (κ2) is 3.57. The third-order valence-corrected chi connectivity index (χ3v) is 3.05. The molecule has 2 aromatic heterocycles. The van der Waals surface area contributed by atoms with Crippen LogP contribution in [0.25, 0.3) is 21.9 Å². The third kappa shape index (κ3) is 1.46. The second-order valence-electron chi connectivity index (χ2n) is 4.30. The molecule has 4 heteroatoms. The molecule has 0 bridgehead atoms. The van der Waals surface area contributed by atoms with Crippen LogP contribution in [0.2, 0.25) is 0 Å². The van der Waals surface area contributed by atoms with Crippen molar-refractivity contribution in [2.75, 3.05) is 0 Å². The molecule has 18 heavy (non-hydrogen) atoms. The van der Waals surface area contributed by atoms with E-state index < -0.39 is 11.3 Å². The van der Waals surface area contributed by atoms with Crippen molar-refractivity contribution in [2.24, 2.45) is 0 Å². The van der Waals surface area contributed by atoms with Gasteiger partial charge in [-0.25, -0.2) is 9.59 Å². The number of hydrogen-bond donors (Lipinski definition) is 0. The molecule has 2 heterocycles. The van der Waals surface area contributed by atoms with Crippen LogP contribution in [0.5, 0.6) is 0 Å². The van der Waals surface area contributed by atoms with Crippen LogP contribution in [0, 0.1) is 13.8 Å². The van der Waals surface area contributed by atoms with E-state index in [0.717, 1.165) is 16.3 Å². The molecule has 0 atom stereocenters. The first-order valence-electron chi connectivity index (χ1n) is 5.54. The molecule has 3 aromatic rings. The standard InChI is InChI=1S/C14H10O4/c1-7-5-12(16)18-14-8(2)13-9(6-10(7)14)3-4-11(15)17-13/h3-6H,1-2H3. The normalized spacial score (nSPS) is 11.2. The van der Waals surface area contributed by atoms with E-state index in [2.05, 4.69) is 0 Å². The predicted molar refractivity (Wildman–Crippen MR) is 68.0 cm³/mol. The molecule has 0 aliphatic carbocycles. The fraction of sp³-hybridized carbons (Fsp3) is 0.143. The topological polar surface area (TPSA) is 60.4 Å². The number of benzene rings is 1. The van der Waals surface area contributed by atoms with Crippen molar-refractivity contribution in [1.29, 1.82) is 0 Å². The molecule has 0 N–H and O–H groups in total. The van der Waals surface area contributed by atoms with Crippen LogP contribution in [0.1, 0.15) is 11.1 Å². The van der Waals surface area contributed by atoms with Crippen molar-refractivity contribution in [3.8, 4) is 0 Å². The Balaban J connectivity index is 2.65. The summed E-state index contributed by atoms with van der Waals surface area (Å²) in [6, 6.07) is 6.39. The Morgan fingerprint density at radius 1 is 0.889 bits per heavy atom. The summed E-state index contributed by atoms with van der Waals surface area (Å²) in [6.45, 7) is 3.62. The zero-order chi connectivity index (χ0) is 12.9. The van der Waals surface area contributed by atoms with Crippen LogP contribution in [-0.2, 0) is 0 Å². The van der Waals surface area contributed by atoms with E-state index in [1.807, 2.05) is 13.0 Å². The molecular weight excluding hydrogens is 232 g/mol. The summed E-state index contributed by atoms with van der Waals surface area (Å²) in [5.41, 5.74) is 1.63. The molecule has 3 rings (SSSR count). The predicted octanol–water partition coefficient (Wildman–Crippen LogP) is 2.52. The minimum Gasteiger partial charge on any atom is -0.422 e. The lowest BCUT2D eigenvalue weighted by atomic mass is 10.0. The van der Waals surface area contributed by atoms with Gasteiger partial charge in [0.2, 0.25) is 0 Å². The maximum atomic E-state index is 11.4. The first-order chi connectivity index (χ1) is 8.56. The van der Waals surface area contributed by atoms with Gasteiger partial charge in [0, 0.05) is 28.5 Å². The summed E-state index contributed by atoms with van der Waals surface area (Å²) in [6.07, 6.45) is 0. The maximum Gasteiger partial charge on any atom is 0.336 e. The van der Waals surface area contributed by atoms with Crippen molar-refractivity contribution in [3.05, 3.63) is 56.2 Å². The molecule has 0 amide bonds. The van der Waals surface area contributed by atoms with Gasteiger partial charge < -0.3 is 8.83 Å². The molecule has 0 unspecified atom stereocenters. The van der Waals surface area contributed by atoms with Crippen LogP contribution >= 0.6 is 0 Å². The van der Waals surface area contributed by atoms with Gasteiger partial charge in [-0.1, -0.05) is 0 Å². The largest absolute Gasteiger partial charge is 0.422 e. The zero-order valence-electron chi connectivity index (χ0n) is 9.94. The molecule has 0 saturated heterocycles. The van der Waals surface area contributed by atoms with Crippen molar-refractivity contribution in [2.45, 2.75) is 13.8 Å². The van der Waals surface area contributed by atoms with Crippen molar-refractivity contribution in [3.63, 3.8) is 0 Å². The van der Waals surface area contributed by atoms with Gasteiger partial charge in [0.1, 0.15) is 11.2 Å². The fourth-order valence-electron chi connectivity index (χ4n) is 2.17. The van der Waals surface area contributed by atoms with Crippen LogP contribution in [-0.4, -0.2) is 0 Å². The highest BCUT2D eigenvalue weighted by Crippen LogP contribution is 2.27. The van der Waals surface area contributed by atoms with Gasteiger partial charge >= 0.3 is 11.3 Å². The lowest BCUT2D eigenvalue weighted by Crippen LogP contribution is -2.01. The lowest BCUT2D eigenvalue weighted by Gasteiger charge is -2.06. The molecule has 0 saturated carbocycles. The Bertz CT molecular complexity index is 884. The minimum absolute atomic E-state index is 0.402. The van der Waals surface area contributed by atoms with E-state index >= 15 is 0 Å². The van der Waals surface area contributed by atoms with Crippen LogP contribution < -0.4 is 11.3 Å². The summed E-state index contributed by atoms with van der Waals surface area (Å²) in [7, 11) is 0. The quantitative estimate of drug-likeness (QED) is 0.449. The summed E-state index contributed by atoms with van der Waals surface area (Å²) < 4.78 is 10.4. The van der Waals surface area contributed by atoms with E-state index in [0.29, 0.717) is 16.7 Å². The van der Waals surface area contributed by atoms with E-state index in [9.17, 15) is 9.59 Å². The number of fused-ring (bicyclic) bond motifs is 2. The summed E-state index contributed by atoms with van der Waals surface area (Å²) in [5, 5.41) is 1.67.